The third-order valence-electron chi connectivity index (χ3n) is 4.78. The van der Waals surface area contributed by atoms with Crippen LogP contribution in [0.1, 0.15) is 0 Å². The lowest BCUT2D eigenvalue weighted by Gasteiger charge is -2.35. The minimum atomic E-state index is -0.0674. The van der Waals surface area contributed by atoms with Crippen LogP contribution in [0.25, 0.3) is 10.9 Å². The molecule has 28 heavy (non-hydrogen) atoms. The van der Waals surface area contributed by atoms with Gasteiger partial charge in [0.25, 0.3) is 5.91 Å². The number of halogens is 2. The molecule has 1 aromatic heterocycles. The first kappa shape index (κ1) is 18.8. The number of carbonyl (C=O) groups excluding carboxylic acids is 1. The molecule has 4 rings (SSSR count). The van der Waals surface area contributed by atoms with E-state index >= 15 is 0 Å². The third-order valence-corrected chi connectivity index (χ3v) is 5.33. The number of piperazine rings is 1. The molecule has 5 nitrogen and oxygen atoms in total. The highest BCUT2D eigenvalue weighted by molar-refractivity contribution is 6.34. The number of aromatic nitrogens is 1. The maximum Gasteiger partial charge on any atom is 0.260 e. The topological polar surface area (TPSA) is 45.7 Å². The first-order chi connectivity index (χ1) is 13.6. The van der Waals surface area contributed by atoms with Crippen LogP contribution < -0.4 is 9.64 Å². The maximum atomic E-state index is 12.5. The van der Waals surface area contributed by atoms with Crippen LogP contribution in [0.3, 0.4) is 0 Å². The Kier molecular flexibility index (Phi) is 5.55. The summed E-state index contributed by atoms with van der Waals surface area (Å²) in [5, 5.41) is 2.07. The Morgan fingerprint density at radius 2 is 1.79 bits per heavy atom. The summed E-state index contributed by atoms with van der Waals surface area (Å²) in [6, 6.07) is 17.1. The van der Waals surface area contributed by atoms with Gasteiger partial charge in [-0.15, -0.1) is 0 Å². The molecule has 0 N–H and O–H groups in total. The van der Waals surface area contributed by atoms with Gasteiger partial charge in [-0.25, -0.2) is 4.98 Å². The molecule has 144 valence electrons. The van der Waals surface area contributed by atoms with Crippen LogP contribution in [-0.2, 0) is 4.79 Å². The predicted octanol–water partition coefficient (Wildman–Crippen LogP) is 4.27. The van der Waals surface area contributed by atoms with E-state index in [0.29, 0.717) is 28.9 Å². The Hall–Kier alpha value is -2.50. The lowest BCUT2D eigenvalue weighted by atomic mass is 10.2. The van der Waals surface area contributed by atoms with Gasteiger partial charge in [0.15, 0.2) is 6.61 Å². The summed E-state index contributed by atoms with van der Waals surface area (Å²) in [5.74, 6) is 1.29. The number of ether oxygens (including phenoxy) is 1. The number of para-hydroxylation sites is 1. The molecule has 1 saturated heterocycles. The molecule has 0 unspecified atom stereocenters. The predicted molar refractivity (Wildman–Crippen MR) is 112 cm³/mol. The number of rotatable bonds is 4. The minimum Gasteiger partial charge on any atom is -0.482 e. The molecule has 1 aliphatic rings. The van der Waals surface area contributed by atoms with Crippen LogP contribution in [0.4, 0.5) is 5.82 Å². The van der Waals surface area contributed by atoms with Gasteiger partial charge in [0, 0.05) is 42.7 Å². The number of hydrogen-bond donors (Lipinski definition) is 0. The number of nitrogens with zero attached hydrogens (tertiary/aromatic N) is 3. The van der Waals surface area contributed by atoms with Crippen molar-refractivity contribution < 1.29 is 9.53 Å². The first-order valence-electron chi connectivity index (χ1n) is 9.06. The van der Waals surface area contributed by atoms with Crippen LogP contribution in [0.5, 0.6) is 5.75 Å². The summed E-state index contributed by atoms with van der Waals surface area (Å²) < 4.78 is 5.56. The van der Waals surface area contributed by atoms with Gasteiger partial charge in [0.2, 0.25) is 0 Å². The maximum absolute atomic E-state index is 12.5. The number of hydrogen-bond acceptors (Lipinski definition) is 4. The summed E-state index contributed by atoms with van der Waals surface area (Å²) in [5.41, 5.74) is 0.977. The molecule has 1 aliphatic heterocycles. The fourth-order valence-electron chi connectivity index (χ4n) is 3.23. The monoisotopic (exact) mass is 415 g/mol. The van der Waals surface area contributed by atoms with Gasteiger partial charge in [0.1, 0.15) is 11.6 Å². The van der Waals surface area contributed by atoms with Gasteiger partial charge in [-0.1, -0.05) is 41.4 Å². The Labute approximate surface area is 173 Å². The molecule has 1 fully saturated rings. The molecule has 0 bridgehead atoms. The standard InChI is InChI=1S/C21H19Cl2N3O2/c22-16-6-7-17(23)19(13-16)28-14-21(27)26-11-9-25(10-12-26)20-8-5-15-3-1-2-4-18(15)24-20/h1-8,13H,9-12,14H2. The van der Waals surface area contributed by atoms with Crippen molar-refractivity contribution in [1.82, 2.24) is 9.88 Å². The molecule has 0 saturated carbocycles. The molecular formula is C21H19Cl2N3O2. The highest BCUT2D eigenvalue weighted by Crippen LogP contribution is 2.27. The smallest absolute Gasteiger partial charge is 0.260 e. The summed E-state index contributed by atoms with van der Waals surface area (Å²) in [6.07, 6.45) is 0. The highest BCUT2D eigenvalue weighted by Gasteiger charge is 2.22. The van der Waals surface area contributed by atoms with E-state index in [1.54, 1.807) is 23.1 Å². The van der Waals surface area contributed by atoms with Gasteiger partial charge < -0.3 is 14.5 Å². The number of benzene rings is 2. The van der Waals surface area contributed by atoms with Gasteiger partial charge in [-0.3, -0.25) is 4.79 Å². The van der Waals surface area contributed by atoms with E-state index < -0.39 is 0 Å². The van der Waals surface area contributed by atoms with E-state index in [0.717, 1.165) is 29.8 Å². The van der Waals surface area contributed by atoms with Crippen LogP contribution in [0.15, 0.2) is 54.6 Å². The molecule has 0 atom stereocenters. The number of anilines is 1. The summed E-state index contributed by atoms with van der Waals surface area (Å²) >= 11 is 12.0. The normalized spacial score (nSPS) is 14.4. The average molecular weight is 416 g/mol. The van der Waals surface area contributed by atoms with Gasteiger partial charge in [-0.05, 0) is 30.3 Å². The molecule has 2 heterocycles. The molecular weight excluding hydrogens is 397 g/mol. The second-order valence-corrected chi connectivity index (χ2v) is 7.44. The van der Waals surface area contributed by atoms with Gasteiger partial charge in [-0.2, -0.15) is 0 Å². The molecule has 2 aromatic carbocycles. The second kappa shape index (κ2) is 8.25. The largest absolute Gasteiger partial charge is 0.482 e. The fraction of sp³-hybridized carbons (Fsp3) is 0.238. The van der Waals surface area contributed by atoms with Crippen molar-refractivity contribution in [3.8, 4) is 5.75 Å². The van der Waals surface area contributed by atoms with E-state index in [9.17, 15) is 4.79 Å². The quantitative estimate of drug-likeness (QED) is 0.638. The van der Waals surface area contributed by atoms with Crippen molar-refractivity contribution in [2.45, 2.75) is 0 Å². The summed E-state index contributed by atoms with van der Waals surface area (Å²) in [7, 11) is 0. The average Bonchev–Trinajstić information content (AvgIpc) is 2.74. The summed E-state index contributed by atoms with van der Waals surface area (Å²) in [6.45, 7) is 2.65. The van der Waals surface area contributed by atoms with E-state index in [4.69, 9.17) is 32.9 Å². The Morgan fingerprint density at radius 3 is 2.61 bits per heavy atom. The highest BCUT2D eigenvalue weighted by atomic mass is 35.5. The molecule has 7 heteroatoms. The zero-order valence-electron chi connectivity index (χ0n) is 15.1. The van der Waals surface area contributed by atoms with E-state index in [-0.39, 0.29) is 12.5 Å². The lowest BCUT2D eigenvalue weighted by Crippen LogP contribution is -2.50. The van der Waals surface area contributed by atoms with Crippen LogP contribution in [-0.4, -0.2) is 48.6 Å². The van der Waals surface area contributed by atoms with Crippen molar-refractivity contribution in [2.75, 3.05) is 37.7 Å². The Morgan fingerprint density at radius 1 is 1.00 bits per heavy atom. The second-order valence-electron chi connectivity index (χ2n) is 6.59. The number of carbonyl (C=O) groups is 1. The number of fused-ring (bicyclic) bond motifs is 1. The van der Waals surface area contributed by atoms with E-state index in [2.05, 4.69) is 17.0 Å². The minimum absolute atomic E-state index is 0.0612. The van der Waals surface area contributed by atoms with Gasteiger partial charge >= 0.3 is 0 Å². The summed E-state index contributed by atoms with van der Waals surface area (Å²) in [4.78, 5) is 21.2. The SMILES string of the molecule is O=C(COc1cc(Cl)ccc1Cl)N1CCN(c2ccc3ccccc3n2)CC1. The van der Waals surface area contributed by atoms with Crippen molar-refractivity contribution in [2.24, 2.45) is 0 Å². The Balaban J connectivity index is 1.34. The number of amides is 1. The molecule has 0 spiro atoms. The van der Waals surface area contributed by atoms with Crippen molar-refractivity contribution in [1.29, 1.82) is 0 Å². The molecule has 3 aromatic rings. The zero-order valence-corrected chi connectivity index (χ0v) is 16.7. The molecule has 1 amide bonds. The molecule has 0 aliphatic carbocycles. The zero-order chi connectivity index (χ0) is 19.5. The Bertz CT molecular complexity index is 1000. The fourth-order valence-corrected chi connectivity index (χ4v) is 3.57. The van der Waals surface area contributed by atoms with Gasteiger partial charge in [0.05, 0.1) is 10.5 Å². The van der Waals surface area contributed by atoms with Crippen LogP contribution in [0.2, 0.25) is 10.0 Å². The van der Waals surface area contributed by atoms with Crippen molar-refractivity contribution in [3.05, 3.63) is 64.6 Å². The van der Waals surface area contributed by atoms with E-state index in [1.165, 1.54) is 0 Å². The van der Waals surface area contributed by atoms with Crippen molar-refractivity contribution in [3.63, 3.8) is 0 Å². The van der Waals surface area contributed by atoms with E-state index in [1.807, 2.05) is 24.3 Å². The van der Waals surface area contributed by atoms with Crippen LogP contribution >= 0.6 is 23.2 Å². The third kappa shape index (κ3) is 4.16. The molecule has 0 radical (unpaired) electrons. The van der Waals surface area contributed by atoms with Crippen molar-refractivity contribution >= 4 is 45.8 Å². The number of pyridine rings is 1. The van der Waals surface area contributed by atoms with Crippen LogP contribution in [0, 0.1) is 0 Å². The lowest BCUT2D eigenvalue weighted by molar-refractivity contribution is -0.133. The first-order valence-corrected chi connectivity index (χ1v) is 9.82.